The first kappa shape index (κ1) is 13.5. The maximum atomic E-state index is 12.4. The molecule has 19 heavy (non-hydrogen) atoms. The second-order valence-corrected chi connectivity index (χ2v) is 4.87. The van der Waals surface area contributed by atoms with Crippen molar-refractivity contribution in [1.29, 1.82) is 0 Å². The van der Waals surface area contributed by atoms with Crippen LogP contribution < -0.4 is 10.6 Å². The highest BCUT2D eigenvalue weighted by Crippen LogP contribution is 2.33. The maximum Gasteiger partial charge on any atom is 0.327 e. The predicted molar refractivity (Wildman–Crippen MR) is 71.9 cm³/mol. The average molecular weight is 262 g/mol. The van der Waals surface area contributed by atoms with Gasteiger partial charge in [0.25, 0.3) is 0 Å². The number of carbonyl (C=O) groups is 2. The molecule has 1 aliphatic rings. The zero-order valence-electron chi connectivity index (χ0n) is 10.9. The number of hydrogen-bond donors (Lipinski definition) is 2. The Balaban J connectivity index is 2.34. The summed E-state index contributed by atoms with van der Waals surface area (Å²) in [5, 5.41) is 9.30. The van der Waals surface area contributed by atoms with E-state index < -0.39 is 12.0 Å². The number of hydrogen-bond acceptors (Lipinski definition) is 3. The van der Waals surface area contributed by atoms with E-state index in [0.717, 1.165) is 5.56 Å². The molecular formula is C14H18N2O3. The van der Waals surface area contributed by atoms with Gasteiger partial charge in [0.2, 0.25) is 5.91 Å². The van der Waals surface area contributed by atoms with Gasteiger partial charge in [0.1, 0.15) is 6.04 Å². The summed E-state index contributed by atoms with van der Waals surface area (Å²) in [5.74, 6) is -1.40. The van der Waals surface area contributed by atoms with Crippen LogP contribution in [0.5, 0.6) is 0 Å². The molecule has 0 radical (unpaired) electrons. The number of carbonyl (C=O) groups excluding carboxylic acids is 1. The molecule has 0 fully saturated rings. The van der Waals surface area contributed by atoms with Crippen LogP contribution in [0, 0.1) is 5.92 Å². The molecule has 1 aromatic rings. The molecule has 2 rings (SSSR count). The quantitative estimate of drug-likeness (QED) is 0.848. The van der Waals surface area contributed by atoms with Crippen LogP contribution in [0.4, 0.5) is 5.69 Å². The van der Waals surface area contributed by atoms with Crippen molar-refractivity contribution in [2.24, 2.45) is 11.7 Å². The molecule has 0 aliphatic carbocycles. The van der Waals surface area contributed by atoms with E-state index in [1.165, 1.54) is 4.90 Å². The third-order valence-electron chi connectivity index (χ3n) is 3.52. The Morgan fingerprint density at radius 2 is 2.16 bits per heavy atom. The Labute approximate surface area is 112 Å². The van der Waals surface area contributed by atoms with E-state index in [2.05, 4.69) is 0 Å². The zero-order chi connectivity index (χ0) is 14.0. The van der Waals surface area contributed by atoms with Gasteiger partial charge in [-0.3, -0.25) is 9.69 Å². The molecule has 5 heteroatoms. The summed E-state index contributed by atoms with van der Waals surface area (Å²) in [6.45, 7) is 2.20. The number of benzene rings is 1. The van der Waals surface area contributed by atoms with Crippen LogP contribution in [0.2, 0.25) is 0 Å². The number of carboxylic acid groups (broad SMARTS) is 1. The molecular weight excluding hydrogens is 244 g/mol. The molecule has 0 aromatic heterocycles. The lowest BCUT2D eigenvalue weighted by Gasteiger charge is -2.25. The topological polar surface area (TPSA) is 83.6 Å². The van der Waals surface area contributed by atoms with Gasteiger partial charge in [-0.25, -0.2) is 4.79 Å². The molecule has 1 aromatic carbocycles. The van der Waals surface area contributed by atoms with E-state index in [0.29, 0.717) is 25.1 Å². The molecule has 1 aliphatic heterocycles. The standard InChI is InChI=1S/C14H18N2O3/c1-9(6-7-15)13(17)16-11-5-3-2-4-10(11)8-12(16)14(18)19/h2-5,9,12H,6-8,15H2,1H3,(H,18,19). The van der Waals surface area contributed by atoms with Crippen molar-refractivity contribution < 1.29 is 14.7 Å². The first-order valence-electron chi connectivity index (χ1n) is 6.40. The molecule has 0 saturated heterocycles. The highest BCUT2D eigenvalue weighted by molar-refractivity contribution is 6.02. The molecule has 1 amide bonds. The Bertz CT molecular complexity index is 501. The van der Waals surface area contributed by atoms with Gasteiger partial charge in [-0.15, -0.1) is 0 Å². The number of fused-ring (bicyclic) bond motifs is 1. The molecule has 0 spiro atoms. The van der Waals surface area contributed by atoms with E-state index in [1.807, 2.05) is 18.2 Å². The molecule has 2 unspecified atom stereocenters. The molecule has 1 heterocycles. The lowest BCUT2D eigenvalue weighted by molar-refractivity contribution is -0.140. The highest BCUT2D eigenvalue weighted by Gasteiger charge is 2.39. The Hall–Kier alpha value is -1.88. The largest absolute Gasteiger partial charge is 0.480 e. The fourth-order valence-corrected chi connectivity index (χ4v) is 2.47. The molecule has 5 nitrogen and oxygen atoms in total. The average Bonchev–Trinajstić information content (AvgIpc) is 2.77. The maximum absolute atomic E-state index is 12.4. The van der Waals surface area contributed by atoms with Gasteiger partial charge >= 0.3 is 5.97 Å². The summed E-state index contributed by atoms with van der Waals surface area (Å²) in [5.41, 5.74) is 7.09. The number of anilines is 1. The third-order valence-corrected chi connectivity index (χ3v) is 3.52. The van der Waals surface area contributed by atoms with Crippen molar-refractivity contribution >= 4 is 17.6 Å². The summed E-state index contributed by atoms with van der Waals surface area (Å²) in [4.78, 5) is 25.2. The minimum absolute atomic E-state index is 0.164. The van der Waals surface area contributed by atoms with Gasteiger partial charge in [0, 0.05) is 18.0 Å². The zero-order valence-corrected chi connectivity index (χ0v) is 10.9. The van der Waals surface area contributed by atoms with E-state index in [-0.39, 0.29) is 11.8 Å². The minimum atomic E-state index is -0.968. The second-order valence-electron chi connectivity index (χ2n) is 4.87. The van der Waals surface area contributed by atoms with Crippen LogP contribution in [-0.4, -0.2) is 29.6 Å². The number of carboxylic acids is 1. The molecule has 0 bridgehead atoms. The van der Waals surface area contributed by atoms with Gasteiger partial charge < -0.3 is 10.8 Å². The van der Waals surface area contributed by atoms with Crippen molar-refractivity contribution in [2.45, 2.75) is 25.8 Å². The lowest BCUT2D eigenvalue weighted by Crippen LogP contribution is -2.45. The number of aliphatic carboxylic acids is 1. The van der Waals surface area contributed by atoms with Crippen LogP contribution in [-0.2, 0) is 16.0 Å². The SMILES string of the molecule is CC(CCN)C(=O)N1c2ccccc2CC1C(=O)O. The number of amides is 1. The molecule has 3 N–H and O–H groups in total. The molecule has 0 saturated carbocycles. The van der Waals surface area contributed by atoms with Crippen molar-refractivity contribution in [3.63, 3.8) is 0 Å². The van der Waals surface area contributed by atoms with Gasteiger partial charge in [-0.2, -0.15) is 0 Å². The fourth-order valence-electron chi connectivity index (χ4n) is 2.47. The Morgan fingerprint density at radius 3 is 2.79 bits per heavy atom. The van der Waals surface area contributed by atoms with Crippen molar-refractivity contribution in [1.82, 2.24) is 0 Å². The normalized spacial score (nSPS) is 19.1. The summed E-state index contributed by atoms with van der Waals surface area (Å²) >= 11 is 0. The van der Waals surface area contributed by atoms with Crippen LogP contribution in [0.25, 0.3) is 0 Å². The number of para-hydroxylation sites is 1. The van der Waals surface area contributed by atoms with E-state index in [9.17, 15) is 14.7 Å². The third kappa shape index (κ3) is 2.46. The Morgan fingerprint density at radius 1 is 1.47 bits per heavy atom. The van der Waals surface area contributed by atoms with Crippen molar-refractivity contribution in [2.75, 3.05) is 11.4 Å². The van der Waals surface area contributed by atoms with Crippen LogP contribution in [0.15, 0.2) is 24.3 Å². The lowest BCUT2D eigenvalue weighted by atomic mass is 10.1. The number of nitrogens with two attached hydrogens (primary N) is 1. The first-order chi connectivity index (χ1) is 9.06. The van der Waals surface area contributed by atoms with Gasteiger partial charge in [-0.05, 0) is 24.6 Å². The monoisotopic (exact) mass is 262 g/mol. The summed E-state index contributed by atoms with van der Waals surface area (Å²) in [6, 6.07) is 6.54. The van der Waals surface area contributed by atoms with Gasteiger partial charge in [-0.1, -0.05) is 25.1 Å². The highest BCUT2D eigenvalue weighted by atomic mass is 16.4. The smallest absolute Gasteiger partial charge is 0.327 e. The summed E-state index contributed by atoms with van der Waals surface area (Å²) in [6.07, 6.45) is 0.927. The predicted octanol–water partition coefficient (Wildman–Crippen LogP) is 1.01. The number of nitrogens with zero attached hydrogens (tertiary/aromatic N) is 1. The van der Waals surface area contributed by atoms with Gasteiger partial charge in [0.05, 0.1) is 0 Å². The second kappa shape index (κ2) is 5.40. The van der Waals surface area contributed by atoms with E-state index in [4.69, 9.17) is 5.73 Å². The summed E-state index contributed by atoms with van der Waals surface area (Å²) < 4.78 is 0. The molecule has 2 atom stereocenters. The Kier molecular flexibility index (Phi) is 3.85. The van der Waals surface area contributed by atoms with E-state index in [1.54, 1.807) is 13.0 Å². The van der Waals surface area contributed by atoms with Crippen LogP contribution in [0.3, 0.4) is 0 Å². The van der Waals surface area contributed by atoms with Crippen LogP contribution in [0.1, 0.15) is 18.9 Å². The van der Waals surface area contributed by atoms with Crippen LogP contribution >= 0.6 is 0 Å². The minimum Gasteiger partial charge on any atom is -0.480 e. The van der Waals surface area contributed by atoms with Crippen molar-refractivity contribution in [3.05, 3.63) is 29.8 Å². The summed E-state index contributed by atoms with van der Waals surface area (Å²) in [7, 11) is 0. The van der Waals surface area contributed by atoms with Crippen molar-refractivity contribution in [3.8, 4) is 0 Å². The molecule has 102 valence electrons. The van der Waals surface area contributed by atoms with Gasteiger partial charge in [0.15, 0.2) is 0 Å². The first-order valence-corrected chi connectivity index (χ1v) is 6.40. The van der Waals surface area contributed by atoms with E-state index >= 15 is 0 Å². The number of rotatable bonds is 4. The fraction of sp³-hybridized carbons (Fsp3) is 0.429.